The molecule has 0 aromatic carbocycles. The zero-order valence-electron chi connectivity index (χ0n) is 14.8. The highest BCUT2D eigenvalue weighted by molar-refractivity contribution is 7.19. The van der Waals surface area contributed by atoms with Gasteiger partial charge in [0, 0.05) is 57.7 Å². The molecule has 0 bridgehead atoms. The van der Waals surface area contributed by atoms with E-state index < -0.39 is 11.9 Å². The summed E-state index contributed by atoms with van der Waals surface area (Å²) in [7, 11) is 0. The third-order valence-corrected chi connectivity index (χ3v) is 6.33. The molecule has 4 aromatic heterocycles. The number of thiophene rings is 2. The Morgan fingerprint density at radius 3 is 2.68 bits per heavy atom. The van der Waals surface area contributed by atoms with Crippen LogP contribution in [-0.4, -0.2) is 14.8 Å². The zero-order valence-corrected chi connectivity index (χ0v) is 16.5. The normalized spacial score (nSPS) is 11.9. The van der Waals surface area contributed by atoms with Gasteiger partial charge in [0.05, 0.1) is 4.70 Å². The van der Waals surface area contributed by atoms with Gasteiger partial charge < -0.3 is 0 Å². The van der Waals surface area contributed by atoms with Crippen LogP contribution in [0.25, 0.3) is 32.3 Å². The standard InChI is InChI=1S/C19H13F3N4S2/c1-3-26-8-14(18(25-26)19(20,21)22)17-10(2)27-9-15(17)13-6-24-7-16-12(13)4-11(5-23)28-16/h4,6-9H,3H2,1-2H3. The summed E-state index contributed by atoms with van der Waals surface area (Å²) in [5, 5.41) is 15.6. The van der Waals surface area contributed by atoms with Crippen LogP contribution in [0.1, 0.15) is 22.4 Å². The lowest BCUT2D eigenvalue weighted by atomic mass is 9.96. The van der Waals surface area contributed by atoms with Gasteiger partial charge in [-0.05, 0) is 25.3 Å². The number of hydrogen-bond acceptors (Lipinski definition) is 5. The summed E-state index contributed by atoms with van der Waals surface area (Å²) in [4.78, 5) is 5.54. The molecule has 0 aliphatic heterocycles. The van der Waals surface area contributed by atoms with E-state index in [9.17, 15) is 18.4 Å². The van der Waals surface area contributed by atoms with E-state index in [1.807, 2.05) is 5.38 Å². The van der Waals surface area contributed by atoms with Crippen LogP contribution < -0.4 is 0 Å². The van der Waals surface area contributed by atoms with Gasteiger partial charge >= 0.3 is 6.18 Å². The summed E-state index contributed by atoms with van der Waals surface area (Å²) in [5.74, 6) is 0. The Bertz CT molecular complexity index is 1220. The lowest BCUT2D eigenvalue weighted by Crippen LogP contribution is -2.09. The van der Waals surface area contributed by atoms with Gasteiger partial charge in [-0.1, -0.05) is 0 Å². The number of pyridine rings is 1. The minimum atomic E-state index is -4.55. The lowest BCUT2D eigenvalue weighted by molar-refractivity contribution is -0.141. The SMILES string of the molecule is CCn1cc(-c2c(-c3cncc4sc(C#N)cc34)csc2C)c(C(F)(F)F)n1. The molecule has 4 rings (SSSR count). The number of nitrogens with zero attached hydrogens (tertiary/aromatic N) is 4. The molecule has 0 aliphatic carbocycles. The molecule has 4 aromatic rings. The van der Waals surface area contributed by atoms with E-state index in [-0.39, 0.29) is 5.56 Å². The second-order valence-corrected chi connectivity index (χ2v) is 8.31. The Morgan fingerprint density at radius 2 is 2.00 bits per heavy atom. The second kappa shape index (κ2) is 6.72. The molecule has 0 radical (unpaired) electrons. The Kier molecular flexibility index (Phi) is 4.48. The third kappa shape index (κ3) is 2.99. The molecule has 0 saturated heterocycles. The van der Waals surface area contributed by atoms with Crippen molar-refractivity contribution in [2.45, 2.75) is 26.6 Å². The number of rotatable bonds is 3. The molecule has 4 nitrogen and oxygen atoms in total. The Hall–Kier alpha value is -2.70. The van der Waals surface area contributed by atoms with Crippen molar-refractivity contribution in [1.82, 2.24) is 14.8 Å². The largest absolute Gasteiger partial charge is 0.435 e. The van der Waals surface area contributed by atoms with E-state index in [0.717, 1.165) is 15.0 Å². The fourth-order valence-electron chi connectivity index (χ4n) is 3.19. The van der Waals surface area contributed by atoms with Crippen LogP contribution in [0.3, 0.4) is 0 Å². The monoisotopic (exact) mass is 418 g/mol. The molecule has 0 spiro atoms. The quantitative estimate of drug-likeness (QED) is 0.403. The zero-order chi connectivity index (χ0) is 20.1. The molecule has 0 N–H and O–H groups in total. The van der Waals surface area contributed by atoms with E-state index in [0.29, 0.717) is 28.1 Å². The van der Waals surface area contributed by atoms with Crippen molar-refractivity contribution in [2.24, 2.45) is 0 Å². The molecular formula is C19H13F3N4S2. The topological polar surface area (TPSA) is 54.5 Å². The summed E-state index contributed by atoms with van der Waals surface area (Å²) in [6.07, 6.45) is 0.198. The van der Waals surface area contributed by atoms with Crippen molar-refractivity contribution in [3.63, 3.8) is 0 Å². The number of aryl methyl sites for hydroxylation is 2. The number of alkyl halides is 3. The molecule has 28 heavy (non-hydrogen) atoms. The van der Waals surface area contributed by atoms with Crippen LogP contribution in [0.2, 0.25) is 0 Å². The van der Waals surface area contributed by atoms with E-state index in [2.05, 4.69) is 16.2 Å². The van der Waals surface area contributed by atoms with Gasteiger partial charge in [0.2, 0.25) is 0 Å². The molecule has 0 fully saturated rings. The van der Waals surface area contributed by atoms with Crippen molar-refractivity contribution in [2.75, 3.05) is 0 Å². The van der Waals surface area contributed by atoms with Crippen LogP contribution in [0.15, 0.2) is 30.0 Å². The van der Waals surface area contributed by atoms with Gasteiger partial charge in [0.1, 0.15) is 10.9 Å². The molecule has 0 aliphatic rings. The molecule has 4 heterocycles. The summed E-state index contributed by atoms with van der Waals surface area (Å²) in [5.41, 5.74) is 1.07. The molecule has 142 valence electrons. The van der Waals surface area contributed by atoms with Gasteiger partial charge in [-0.25, -0.2) is 0 Å². The fraction of sp³-hybridized carbons (Fsp3) is 0.211. The highest BCUT2D eigenvalue weighted by Crippen LogP contribution is 2.46. The van der Waals surface area contributed by atoms with Crippen LogP contribution in [-0.2, 0) is 12.7 Å². The first-order valence-electron chi connectivity index (χ1n) is 8.34. The minimum absolute atomic E-state index is 0.0656. The van der Waals surface area contributed by atoms with Gasteiger partial charge in [-0.3, -0.25) is 9.67 Å². The predicted octanol–water partition coefficient (Wildman–Crippen LogP) is 6.11. The van der Waals surface area contributed by atoms with Crippen LogP contribution in [0.4, 0.5) is 13.2 Å². The molecule has 0 amide bonds. The third-order valence-electron chi connectivity index (χ3n) is 4.45. The molecule has 0 unspecified atom stereocenters. The minimum Gasteiger partial charge on any atom is -0.272 e. The maximum absolute atomic E-state index is 13.6. The maximum atomic E-state index is 13.6. The first-order valence-corrected chi connectivity index (χ1v) is 10.0. The summed E-state index contributed by atoms with van der Waals surface area (Å²) in [6.45, 7) is 3.89. The average molecular weight is 418 g/mol. The number of nitriles is 1. The van der Waals surface area contributed by atoms with Crippen LogP contribution in [0.5, 0.6) is 0 Å². The summed E-state index contributed by atoms with van der Waals surface area (Å²) in [6, 6.07) is 3.88. The smallest absolute Gasteiger partial charge is 0.272 e. The lowest BCUT2D eigenvalue weighted by Gasteiger charge is -2.09. The van der Waals surface area contributed by atoms with Crippen molar-refractivity contribution >= 4 is 32.8 Å². The van der Waals surface area contributed by atoms with E-state index >= 15 is 0 Å². The van der Waals surface area contributed by atoms with Gasteiger partial charge in [0.15, 0.2) is 5.69 Å². The Labute approximate surface area is 166 Å². The predicted molar refractivity (Wildman–Crippen MR) is 104 cm³/mol. The summed E-state index contributed by atoms with van der Waals surface area (Å²) < 4.78 is 43.0. The number of fused-ring (bicyclic) bond motifs is 1. The van der Waals surface area contributed by atoms with Gasteiger partial charge in [0.25, 0.3) is 0 Å². The van der Waals surface area contributed by atoms with Crippen LogP contribution >= 0.6 is 22.7 Å². The Morgan fingerprint density at radius 1 is 1.21 bits per heavy atom. The van der Waals surface area contributed by atoms with Crippen molar-refractivity contribution in [1.29, 1.82) is 5.26 Å². The molecule has 0 atom stereocenters. The second-order valence-electron chi connectivity index (χ2n) is 6.15. The molecular weight excluding hydrogens is 405 g/mol. The van der Waals surface area contributed by atoms with E-state index in [1.54, 1.807) is 32.3 Å². The van der Waals surface area contributed by atoms with Crippen molar-refractivity contribution < 1.29 is 13.2 Å². The number of halogens is 3. The average Bonchev–Trinajstić information content (AvgIpc) is 3.35. The number of hydrogen-bond donors (Lipinski definition) is 0. The van der Waals surface area contributed by atoms with E-state index in [4.69, 9.17) is 0 Å². The number of aromatic nitrogens is 3. The first kappa shape index (κ1) is 18.7. The fourth-order valence-corrected chi connectivity index (χ4v) is 4.92. The van der Waals surface area contributed by atoms with Crippen LogP contribution in [0, 0.1) is 18.3 Å². The first-order chi connectivity index (χ1) is 13.3. The molecule has 9 heteroatoms. The highest BCUT2D eigenvalue weighted by Gasteiger charge is 2.38. The van der Waals surface area contributed by atoms with Crippen molar-refractivity contribution in [3.05, 3.63) is 45.5 Å². The van der Waals surface area contributed by atoms with Gasteiger partial charge in [-0.15, -0.1) is 22.7 Å². The van der Waals surface area contributed by atoms with Crippen molar-refractivity contribution in [3.8, 4) is 28.3 Å². The van der Waals surface area contributed by atoms with Gasteiger partial charge in [-0.2, -0.15) is 23.5 Å². The maximum Gasteiger partial charge on any atom is 0.435 e. The molecule has 0 saturated carbocycles. The summed E-state index contributed by atoms with van der Waals surface area (Å²) >= 11 is 2.70. The Balaban J connectivity index is 2.00. The highest BCUT2D eigenvalue weighted by atomic mass is 32.1. The van der Waals surface area contributed by atoms with E-state index in [1.165, 1.54) is 33.6 Å².